The number of benzene rings is 2. The summed E-state index contributed by atoms with van der Waals surface area (Å²) >= 11 is 11.9. The third kappa shape index (κ3) is 10.1. The van der Waals surface area contributed by atoms with Gasteiger partial charge < -0.3 is 20.3 Å². The average Bonchev–Trinajstić information content (AvgIpc) is 3.34. The van der Waals surface area contributed by atoms with Crippen molar-refractivity contribution in [1.29, 1.82) is 5.26 Å². The standard InChI is InChI=1S/C39H43ClF6N8O5S/c1-37(2)35(58)53(27-4-3-22(19-47)29(18-27)38(41,42)43)36(60)54(37)26-5-7-28(8-6-26)59-14-13-51-11-12-52(31(20-51)39(44,45)46)21-33(56)49-25-16-23(40)15-24(17-25)48-30-9-10-32(55)50-34(30)57/h3-4,15-18,26,28,30-31,48H,5-14,20-21H2,1-2H3,(H,49,56)(H,50,55,57). The van der Waals surface area contributed by atoms with Crippen LogP contribution in [0.25, 0.3) is 0 Å². The van der Waals surface area contributed by atoms with E-state index in [-0.39, 0.29) is 85.2 Å². The molecule has 2 aromatic rings. The Labute approximate surface area is 352 Å². The van der Waals surface area contributed by atoms with Gasteiger partial charge in [0, 0.05) is 55.0 Å². The highest BCUT2D eigenvalue weighted by Crippen LogP contribution is 2.41. The highest BCUT2D eigenvalue weighted by atomic mass is 35.5. The van der Waals surface area contributed by atoms with Crippen LogP contribution in [0, 0.1) is 11.3 Å². The number of anilines is 3. The summed E-state index contributed by atoms with van der Waals surface area (Å²) < 4.78 is 90.2. The van der Waals surface area contributed by atoms with Crippen LogP contribution < -0.4 is 20.9 Å². The van der Waals surface area contributed by atoms with Gasteiger partial charge in [-0.1, -0.05) is 11.6 Å². The summed E-state index contributed by atoms with van der Waals surface area (Å²) in [6, 6.07) is 6.14. The Balaban J connectivity index is 0.980. The van der Waals surface area contributed by atoms with Crippen LogP contribution in [0.4, 0.5) is 43.4 Å². The Kier molecular flexibility index (Phi) is 13.4. The Hall–Kier alpha value is -4.55. The third-order valence-corrected chi connectivity index (χ3v) is 11.8. The number of alkyl halides is 6. The van der Waals surface area contributed by atoms with Crippen LogP contribution in [-0.4, -0.2) is 119 Å². The summed E-state index contributed by atoms with van der Waals surface area (Å²) in [5.41, 5.74) is -2.41. The smallest absolute Gasteiger partial charge is 0.377 e. The van der Waals surface area contributed by atoms with Crippen molar-refractivity contribution in [2.75, 3.05) is 54.9 Å². The molecule has 13 nitrogen and oxygen atoms in total. The normalized spacial score (nSPS) is 24.3. The predicted molar refractivity (Wildman–Crippen MR) is 212 cm³/mol. The number of amides is 4. The minimum Gasteiger partial charge on any atom is -0.377 e. The minimum atomic E-state index is -4.82. The van der Waals surface area contributed by atoms with Gasteiger partial charge in [0.2, 0.25) is 17.7 Å². The minimum absolute atomic E-state index is 0.0399. The van der Waals surface area contributed by atoms with E-state index in [1.807, 2.05) is 0 Å². The number of rotatable bonds is 11. The maximum atomic E-state index is 14.3. The van der Waals surface area contributed by atoms with Gasteiger partial charge in [-0.25, -0.2) is 0 Å². The number of halogens is 7. The van der Waals surface area contributed by atoms with Gasteiger partial charge in [-0.3, -0.25) is 39.2 Å². The first-order valence-corrected chi connectivity index (χ1v) is 20.1. The summed E-state index contributed by atoms with van der Waals surface area (Å²) in [6.07, 6.45) is -7.08. The second-order valence-corrected chi connectivity index (χ2v) is 16.5. The summed E-state index contributed by atoms with van der Waals surface area (Å²) in [5.74, 6) is -2.08. The molecule has 0 aromatic heterocycles. The van der Waals surface area contributed by atoms with Crippen molar-refractivity contribution in [3.05, 3.63) is 52.5 Å². The molecule has 2 atom stereocenters. The van der Waals surface area contributed by atoms with E-state index in [9.17, 15) is 50.8 Å². The number of piperidine rings is 1. The molecule has 4 aliphatic rings. The fourth-order valence-electron chi connectivity index (χ4n) is 8.22. The molecule has 4 amide bonds. The molecule has 2 aromatic carbocycles. The molecule has 0 bridgehead atoms. The van der Waals surface area contributed by atoms with Gasteiger partial charge in [-0.15, -0.1) is 0 Å². The van der Waals surface area contributed by atoms with Crippen LogP contribution in [0.5, 0.6) is 0 Å². The number of nitrogens with one attached hydrogen (secondary N) is 3. The molecule has 324 valence electrons. The second kappa shape index (κ2) is 17.8. The molecule has 21 heteroatoms. The van der Waals surface area contributed by atoms with Crippen molar-refractivity contribution in [1.82, 2.24) is 20.0 Å². The van der Waals surface area contributed by atoms with Crippen molar-refractivity contribution < 1.29 is 50.3 Å². The SMILES string of the molecule is CC1(C)C(=O)N(c2ccc(C#N)c(C(F)(F)F)c2)C(=S)N1C1CCC(OCCN2CCN(CC(=O)Nc3cc(Cl)cc(NC4CCC(=O)NC4=O)c3)C(C(F)(F)F)C2)CC1. The topological polar surface area (TPSA) is 150 Å². The largest absolute Gasteiger partial charge is 0.417 e. The number of piperazine rings is 1. The zero-order valence-electron chi connectivity index (χ0n) is 32.6. The molecular weight excluding hydrogens is 842 g/mol. The van der Waals surface area contributed by atoms with Crippen molar-refractivity contribution in [2.24, 2.45) is 0 Å². The predicted octanol–water partition coefficient (Wildman–Crippen LogP) is 5.67. The highest BCUT2D eigenvalue weighted by molar-refractivity contribution is 7.80. The number of hydrogen-bond acceptors (Lipinski definition) is 10. The maximum Gasteiger partial charge on any atom is 0.417 e. The number of nitriles is 1. The number of nitrogens with zero attached hydrogens (tertiary/aromatic N) is 5. The van der Waals surface area contributed by atoms with Crippen LogP contribution in [0.2, 0.25) is 5.02 Å². The Bertz CT molecular complexity index is 2060. The lowest BCUT2D eigenvalue weighted by Crippen LogP contribution is -2.60. The monoisotopic (exact) mass is 884 g/mol. The third-order valence-electron chi connectivity index (χ3n) is 11.2. The first-order valence-electron chi connectivity index (χ1n) is 19.3. The molecule has 3 heterocycles. The molecule has 4 fully saturated rings. The number of hydrogen-bond donors (Lipinski definition) is 3. The van der Waals surface area contributed by atoms with Crippen molar-refractivity contribution in [2.45, 2.75) is 94.5 Å². The van der Waals surface area contributed by atoms with Crippen LogP contribution in [-0.2, 0) is 30.1 Å². The molecule has 2 unspecified atom stereocenters. The van der Waals surface area contributed by atoms with E-state index in [1.54, 1.807) is 23.6 Å². The summed E-state index contributed by atoms with van der Waals surface area (Å²) in [7, 11) is 0. The quantitative estimate of drug-likeness (QED) is 0.146. The molecule has 3 N–H and O–H groups in total. The van der Waals surface area contributed by atoms with Crippen LogP contribution in [0.1, 0.15) is 63.5 Å². The van der Waals surface area contributed by atoms with Crippen molar-refractivity contribution >= 4 is 69.6 Å². The zero-order chi connectivity index (χ0) is 43.7. The van der Waals surface area contributed by atoms with E-state index in [0.29, 0.717) is 31.4 Å². The van der Waals surface area contributed by atoms with E-state index in [1.165, 1.54) is 30.3 Å². The van der Waals surface area contributed by atoms with E-state index >= 15 is 0 Å². The molecule has 6 rings (SSSR count). The Morgan fingerprint density at radius 2 is 1.72 bits per heavy atom. The van der Waals surface area contributed by atoms with E-state index in [0.717, 1.165) is 21.9 Å². The van der Waals surface area contributed by atoms with Crippen LogP contribution in [0.15, 0.2) is 36.4 Å². The second-order valence-electron chi connectivity index (χ2n) is 15.7. The number of imide groups is 1. The van der Waals surface area contributed by atoms with E-state index in [4.69, 9.17) is 28.6 Å². The first kappa shape index (κ1) is 45.0. The average molecular weight is 885 g/mol. The number of thiocarbonyl (C=S) groups is 1. The molecule has 0 spiro atoms. The van der Waals surface area contributed by atoms with Gasteiger partial charge in [0.1, 0.15) is 17.6 Å². The summed E-state index contributed by atoms with van der Waals surface area (Å²) in [6.45, 7) is 2.98. The molecule has 1 aliphatic carbocycles. The van der Waals surface area contributed by atoms with Crippen molar-refractivity contribution in [3.63, 3.8) is 0 Å². The van der Waals surface area contributed by atoms with Gasteiger partial charge >= 0.3 is 12.4 Å². The number of carbonyl (C=O) groups excluding carboxylic acids is 4. The molecule has 0 radical (unpaired) electrons. The zero-order valence-corrected chi connectivity index (χ0v) is 34.2. The maximum absolute atomic E-state index is 14.3. The molecule has 1 saturated carbocycles. The Morgan fingerprint density at radius 1 is 1.02 bits per heavy atom. The lowest BCUT2D eigenvalue weighted by molar-refractivity contribution is -0.197. The molecule has 3 aliphatic heterocycles. The molecule has 3 saturated heterocycles. The van der Waals surface area contributed by atoms with E-state index in [2.05, 4.69) is 16.0 Å². The van der Waals surface area contributed by atoms with Gasteiger partial charge in [-0.2, -0.15) is 31.6 Å². The van der Waals surface area contributed by atoms with Crippen LogP contribution in [0.3, 0.4) is 0 Å². The fourth-order valence-corrected chi connectivity index (χ4v) is 9.02. The molecular formula is C39H43ClF6N8O5S. The lowest BCUT2D eigenvalue weighted by atomic mass is 9.89. The van der Waals surface area contributed by atoms with Gasteiger partial charge in [0.05, 0.1) is 42.1 Å². The van der Waals surface area contributed by atoms with Gasteiger partial charge in [0.15, 0.2) is 5.11 Å². The fraction of sp³-hybridized carbons (Fsp3) is 0.538. The van der Waals surface area contributed by atoms with Gasteiger partial charge in [-0.05, 0) is 94.6 Å². The summed E-state index contributed by atoms with van der Waals surface area (Å²) in [4.78, 5) is 55.8. The van der Waals surface area contributed by atoms with E-state index < -0.39 is 65.4 Å². The Morgan fingerprint density at radius 3 is 2.37 bits per heavy atom. The number of carbonyl (C=O) groups is 4. The highest BCUT2D eigenvalue weighted by Gasteiger charge is 2.53. The number of ether oxygens (including phenoxy) is 1. The summed E-state index contributed by atoms with van der Waals surface area (Å²) in [5, 5.41) is 17.2. The lowest BCUT2D eigenvalue weighted by Gasteiger charge is -2.42. The van der Waals surface area contributed by atoms with Gasteiger partial charge in [0.25, 0.3) is 5.91 Å². The molecule has 60 heavy (non-hydrogen) atoms. The first-order chi connectivity index (χ1) is 28.1. The van der Waals surface area contributed by atoms with Crippen LogP contribution >= 0.6 is 23.8 Å². The van der Waals surface area contributed by atoms with Crippen molar-refractivity contribution in [3.8, 4) is 6.07 Å².